The molecule has 2 N–H and O–H groups in total. The molecule has 0 aliphatic heterocycles. The van der Waals surface area contributed by atoms with Gasteiger partial charge >= 0.3 is 0 Å². The predicted octanol–water partition coefficient (Wildman–Crippen LogP) is 4.87. The molecule has 0 bridgehead atoms. The van der Waals surface area contributed by atoms with Crippen LogP contribution in [0.2, 0.25) is 0 Å². The summed E-state index contributed by atoms with van der Waals surface area (Å²) < 4.78 is 26.6. The molecule has 7 heteroatoms. The molecule has 1 saturated carbocycles. The number of carbonyl (C=O) groups excluding carboxylic acids is 2. The Balaban J connectivity index is 1.95. The Bertz CT molecular complexity index is 1080. The van der Waals surface area contributed by atoms with E-state index in [9.17, 15) is 18.0 Å². The van der Waals surface area contributed by atoms with Crippen LogP contribution in [-0.2, 0) is 14.6 Å². The lowest BCUT2D eigenvalue weighted by Gasteiger charge is -2.29. The van der Waals surface area contributed by atoms with Crippen molar-refractivity contribution in [3.63, 3.8) is 0 Å². The van der Waals surface area contributed by atoms with Gasteiger partial charge in [-0.2, -0.15) is 0 Å². The van der Waals surface area contributed by atoms with Crippen molar-refractivity contribution in [2.45, 2.75) is 75.1 Å². The van der Waals surface area contributed by atoms with E-state index in [0.717, 1.165) is 24.8 Å². The quantitative estimate of drug-likeness (QED) is 0.621. The molecule has 172 valence electrons. The highest BCUT2D eigenvalue weighted by Crippen LogP contribution is 2.30. The number of hydrogen-bond acceptors (Lipinski definition) is 4. The second kappa shape index (κ2) is 10.3. The molecular formula is C25H32N2O4S. The standard InChI is InChI=1S/C25H32N2O4S/c1-4-7-24(28)26-22-16-19(25(29)27-21-9-6-5-8-18(21)3)12-15-23(22)32(30,31)20-13-10-17(2)11-14-20/h10-16,18,21H,4-9H2,1-3H3,(H,26,28)(H,27,29)/t18-,21-/m0/s1. The average molecular weight is 457 g/mol. The highest BCUT2D eigenvalue weighted by Gasteiger charge is 2.26. The zero-order valence-electron chi connectivity index (χ0n) is 19.0. The minimum atomic E-state index is -3.87. The highest BCUT2D eigenvalue weighted by atomic mass is 32.2. The van der Waals surface area contributed by atoms with Gasteiger partial charge in [0.2, 0.25) is 15.7 Å². The van der Waals surface area contributed by atoms with E-state index >= 15 is 0 Å². The maximum absolute atomic E-state index is 13.3. The monoisotopic (exact) mass is 456 g/mol. The van der Waals surface area contributed by atoms with Crippen LogP contribution in [0.1, 0.15) is 68.3 Å². The Morgan fingerprint density at radius 2 is 1.72 bits per heavy atom. The third kappa shape index (κ3) is 5.57. The van der Waals surface area contributed by atoms with Crippen molar-refractivity contribution >= 4 is 27.3 Å². The van der Waals surface area contributed by atoms with E-state index in [2.05, 4.69) is 17.6 Å². The van der Waals surface area contributed by atoms with Crippen molar-refractivity contribution in [1.82, 2.24) is 5.32 Å². The fourth-order valence-electron chi connectivity index (χ4n) is 4.07. The van der Waals surface area contributed by atoms with Crippen molar-refractivity contribution < 1.29 is 18.0 Å². The molecule has 2 aromatic carbocycles. The summed E-state index contributed by atoms with van der Waals surface area (Å²) in [5, 5.41) is 5.79. The second-order valence-electron chi connectivity index (χ2n) is 8.67. The molecule has 0 saturated heterocycles. The van der Waals surface area contributed by atoms with Crippen molar-refractivity contribution in [2.75, 3.05) is 5.32 Å². The van der Waals surface area contributed by atoms with E-state index < -0.39 is 9.84 Å². The number of hydrogen-bond donors (Lipinski definition) is 2. The van der Waals surface area contributed by atoms with Crippen LogP contribution in [0.3, 0.4) is 0 Å². The van der Waals surface area contributed by atoms with Gasteiger partial charge in [0.15, 0.2) is 0 Å². The van der Waals surface area contributed by atoms with Crippen molar-refractivity contribution in [3.8, 4) is 0 Å². The molecule has 2 aromatic rings. The number of benzene rings is 2. The Morgan fingerprint density at radius 1 is 1.03 bits per heavy atom. The minimum Gasteiger partial charge on any atom is -0.349 e. The zero-order valence-corrected chi connectivity index (χ0v) is 19.8. The number of carbonyl (C=O) groups is 2. The lowest BCUT2D eigenvalue weighted by Crippen LogP contribution is -2.41. The van der Waals surface area contributed by atoms with Gasteiger partial charge in [0.1, 0.15) is 0 Å². The van der Waals surface area contributed by atoms with E-state index in [4.69, 9.17) is 0 Å². The molecule has 0 aromatic heterocycles. The smallest absolute Gasteiger partial charge is 0.251 e. The van der Waals surface area contributed by atoms with Gasteiger partial charge in [-0.1, -0.05) is 44.4 Å². The van der Waals surface area contributed by atoms with E-state index in [1.165, 1.54) is 24.6 Å². The average Bonchev–Trinajstić information content (AvgIpc) is 2.75. The van der Waals surface area contributed by atoms with E-state index in [-0.39, 0.29) is 39.8 Å². The van der Waals surface area contributed by atoms with Crippen LogP contribution in [0.25, 0.3) is 0 Å². The third-order valence-electron chi connectivity index (χ3n) is 6.04. The second-order valence-corrected chi connectivity index (χ2v) is 10.6. The summed E-state index contributed by atoms with van der Waals surface area (Å²) in [5.41, 5.74) is 1.41. The van der Waals surface area contributed by atoms with Gasteiger partial charge in [-0.05, 0) is 62.4 Å². The number of rotatable bonds is 7. The summed E-state index contributed by atoms with van der Waals surface area (Å²) in [6, 6.07) is 11.1. The Morgan fingerprint density at radius 3 is 2.38 bits per heavy atom. The van der Waals surface area contributed by atoms with Crippen LogP contribution >= 0.6 is 0 Å². The van der Waals surface area contributed by atoms with Crippen molar-refractivity contribution in [2.24, 2.45) is 5.92 Å². The largest absolute Gasteiger partial charge is 0.349 e. The van der Waals surface area contributed by atoms with Crippen LogP contribution < -0.4 is 10.6 Å². The van der Waals surface area contributed by atoms with Gasteiger partial charge in [0.05, 0.1) is 15.5 Å². The number of aryl methyl sites for hydroxylation is 1. The molecule has 2 atom stereocenters. The van der Waals surface area contributed by atoms with Gasteiger partial charge in [0.25, 0.3) is 5.91 Å². The number of amides is 2. The molecule has 1 fully saturated rings. The lowest BCUT2D eigenvalue weighted by atomic mass is 9.86. The number of sulfone groups is 1. The van der Waals surface area contributed by atoms with E-state index in [0.29, 0.717) is 17.9 Å². The molecule has 2 amide bonds. The first-order valence-electron chi connectivity index (χ1n) is 11.3. The van der Waals surface area contributed by atoms with Crippen LogP contribution in [0, 0.1) is 12.8 Å². The lowest BCUT2D eigenvalue weighted by molar-refractivity contribution is -0.116. The molecular weight excluding hydrogens is 424 g/mol. The molecule has 0 spiro atoms. The first-order valence-corrected chi connectivity index (χ1v) is 12.8. The summed E-state index contributed by atoms with van der Waals surface area (Å²) in [4.78, 5) is 25.3. The van der Waals surface area contributed by atoms with E-state index in [1.54, 1.807) is 24.3 Å². The van der Waals surface area contributed by atoms with Crippen LogP contribution in [0.4, 0.5) is 5.69 Å². The summed E-state index contributed by atoms with van der Waals surface area (Å²) in [5.74, 6) is -0.141. The maximum Gasteiger partial charge on any atom is 0.251 e. The SMILES string of the molecule is CCCC(=O)Nc1cc(C(=O)N[C@H]2CCCC[C@@H]2C)ccc1S(=O)(=O)c1ccc(C)cc1. The van der Waals surface area contributed by atoms with Crippen LogP contribution in [-0.4, -0.2) is 26.3 Å². The van der Waals surface area contributed by atoms with Gasteiger partial charge in [-0.25, -0.2) is 8.42 Å². The predicted molar refractivity (Wildman–Crippen MR) is 125 cm³/mol. The molecule has 1 aliphatic carbocycles. The van der Waals surface area contributed by atoms with Gasteiger partial charge < -0.3 is 10.6 Å². The van der Waals surface area contributed by atoms with Crippen molar-refractivity contribution in [3.05, 3.63) is 53.6 Å². The van der Waals surface area contributed by atoms with E-state index in [1.807, 2.05) is 13.8 Å². The normalized spacial score (nSPS) is 18.7. The minimum absolute atomic E-state index is 0.0200. The molecule has 3 rings (SSSR count). The van der Waals surface area contributed by atoms with Gasteiger partial charge in [-0.15, -0.1) is 0 Å². The fraction of sp³-hybridized carbons (Fsp3) is 0.440. The molecule has 0 radical (unpaired) electrons. The fourth-order valence-corrected chi connectivity index (χ4v) is 5.46. The summed E-state index contributed by atoms with van der Waals surface area (Å²) in [7, 11) is -3.87. The Hall–Kier alpha value is -2.67. The van der Waals surface area contributed by atoms with Crippen molar-refractivity contribution in [1.29, 1.82) is 0 Å². The summed E-state index contributed by atoms with van der Waals surface area (Å²) in [6.45, 7) is 5.89. The molecule has 1 aliphatic rings. The first-order chi connectivity index (χ1) is 15.2. The van der Waals surface area contributed by atoms with Crippen LogP contribution in [0.15, 0.2) is 52.3 Å². The third-order valence-corrected chi connectivity index (χ3v) is 7.87. The van der Waals surface area contributed by atoms with Gasteiger partial charge in [-0.3, -0.25) is 9.59 Å². The zero-order chi connectivity index (χ0) is 23.3. The maximum atomic E-state index is 13.3. The Labute approximate surface area is 190 Å². The van der Waals surface area contributed by atoms with Crippen LogP contribution in [0.5, 0.6) is 0 Å². The first kappa shape index (κ1) is 24.0. The highest BCUT2D eigenvalue weighted by molar-refractivity contribution is 7.91. The summed E-state index contributed by atoms with van der Waals surface area (Å²) in [6.07, 6.45) is 5.17. The van der Waals surface area contributed by atoms with Gasteiger partial charge in [0, 0.05) is 18.0 Å². The number of nitrogens with one attached hydrogen (secondary N) is 2. The molecule has 0 heterocycles. The molecule has 32 heavy (non-hydrogen) atoms. The topological polar surface area (TPSA) is 92.3 Å². The molecule has 0 unspecified atom stereocenters. The number of anilines is 1. The summed E-state index contributed by atoms with van der Waals surface area (Å²) >= 11 is 0. The Kier molecular flexibility index (Phi) is 7.72. The molecule has 6 nitrogen and oxygen atoms in total.